The van der Waals surface area contributed by atoms with Crippen LogP contribution in [0.2, 0.25) is 5.02 Å². The van der Waals surface area contributed by atoms with E-state index < -0.39 is 0 Å². The van der Waals surface area contributed by atoms with Gasteiger partial charge in [0.05, 0.1) is 5.02 Å². The lowest BCUT2D eigenvalue weighted by molar-refractivity contribution is 0.112. The van der Waals surface area contributed by atoms with Crippen LogP contribution in [0, 0.1) is 0 Å². The van der Waals surface area contributed by atoms with Gasteiger partial charge in [0.1, 0.15) is 0 Å². The Kier molecular flexibility index (Phi) is 2.57. The van der Waals surface area contributed by atoms with Crippen LogP contribution in [0.25, 0.3) is 10.8 Å². The molecule has 0 aliphatic carbocycles. The van der Waals surface area contributed by atoms with Crippen molar-refractivity contribution >= 4 is 44.6 Å². The molecule has 0 saturated heterocycles. The molecule has 0 saturated carbocycles. The number of fused-ring (bicyclic) bond motifs is 1. The fourth-order valence-electron chi connectivity index (χ4n) is 1.42. The van der Waals surface area contributed by atoms with Gasteiger partial charge in [0.25, 0.3) is 0 Å². The zero-order valence-electron chi connectivity index (χ0n) is 7.13. The molecule has 0 radical (unpaired) electrons. The Morgan fingerprint density at radius 2 is 2.00 bits per heavy atom. The minimum Gasteiger partial charge on any atom is -0.298 e. The van der Waals surface area contributed by atoms with Gasteiger partial charge in [0.15, 0.2) is 6.29 Å². The summed E-state index contributed by atoms with van der Waals surface area (Å²) in [6.45, 7) is 0. The smallest absolute Gasteiger partial charge is 0.152 e. The van der Waals surface area contributed by atoms with Gasteiger partial charge in [-0.2, -0.15) is 0 Å². The minimum atomic E-state index is 0.495. The number of carbonyl (C=O) groups is 1. The molecule has 0 aliphatic rings. The van der Waals surface area contributed by atoms with E-state index in [0.29, 0.717) is 10.6 Å². The van der Waals surface area contributed by atoms with Gasteiger partial charge < -0.3 is 0 Å². The highest BCUT2D eigenvalue weighted by Crippen LogP contribution is 2.26. The Balaban J connectivity index is 2.88. The van der Waals surface area contributed by atoms with Crippen LogP contribution in [-0.2, 0) is 0 Å². The summed E-state index contributed by atoms with van der Waals surface area (Å²) in [5, 5.41) is 2.39. The van der Waals surface area contributed by atoms with Crippen LogP contribution >= 0.6 is 27.5 Å². The van der Waals surface area contributed by atoms with E-state index in [0.717, 1.165) is 21.5 Å². The minimum absolute atomic E-state index is 0.495. The highest BCUT2D eigenvalue weighted by Gasteiger charge is 2.04. The summed E-state index contributed by atoms with van der Waals surface area (Å²) in [4.78, 5) is 10.8. The topological polar surface area (TPSA) is 17.1 Å². The number of hydrogen-bond donors (Lipinski definition) is 0. The van der Waals surface area contributed by atoms with Crippen LogP contribution in [0.15, 0.2) is 34.8 Å². The molecule has 0 aromatic heterocycles. The average molecular weight is 270 g/mol. The molecule has 0 aliphatic heterocycles. The molecule has 0 spiro atoms. The number of aldehydes is 1. The van der Waals surface area contributed by atoms with E-state index in [4.69, 9.17) is 11.6 Å². The maximum Gasteiger partial charge on any atom is 0.152 e. The molecule has 0 N–H and O–H groups in total. The summed E-state index contributed by atoms with van der Waals surface area (Å²) < 4.78 is 0.990. The van der Waals surface area contributed by atoms with Gasteiger partial charge in [-0.15, -0.1) is 0 Å². The first-order chi connectivity index (χ1) is 6.72. The van der Waals surface area contributed by atoms with E-state index >= 15 is 0 Å². The summed E-state index contributed by atoms with van der Waals surface area (Å²) in [6, 6.07) is 9.37. The zero-order valence-corrected chi connectivity index (χ0v) is 9.47. The van der Waals surface area contributed by atoms with Crippen molar-refractivity contribution in [2.45, 2.75) is 0 Å². The van der Waals surface area contributed by atoms with Crippen molar-refractivity contribution in [1.29, 1.82) is 0 Å². The van der Waals surface area contributed by atoms with E-state index in [2.05, 4.69) is 15.9 Å². The predicted octanol–water partition coefficient (Wildman–Crippen LogP) is 4.07. The van der Waals surface area contributed by atoms with E-state index in [1.165, 1.54) is 0 Å². The monoisotopic (exact) mass is 268 g/mol. The van der Waals surface area contributed by atoms with Crippen molar-refractivity contribution in [2.75, 3.05) is 0 Å². The molecular weight excluding hydrogens is 263 g/mol. The van der Waals surface area contributed by atoms with Crippen molar-refractivity contribution in [3.63, 3.8) is 0 Å². The quantitative estimate of drug-likeness (QED) is 0.713. The Labute approximate surface area is 94.8 Å². The first kappa shape index (κ1) is 9.69. The standard InChI is InChI=1S/C11H6BrClO/c12-8-2-3-9-7(5-8)1-4-11(13)10(9)6-14/h1-6H. The molecule has 2 aromatic rings. The molecule has 0 amide bonds. The van der Waals surface area contributed by atoms with Gasteiger partial charge in [-0.3, -0.25) is 4.79 Å². The fourth-order valence-corrected chi connectivity index (χ4v) is 2.01. The van der Waals surface area contributed by atoms with Gasteiger partial charge in [0, 0.05) is 10.0 Å². The lowest BCUT2D eigenvalue weighted by atomic mass is 10.1. The van der Waals surface area contributed by atoms with Crippen LogP contribution in [0.5, 0.6) is 0 Å². The fraction of sp³-hybridized carbons (Fsp3) is 0. The van der Waals surface area contributed by atoms with Crippen molar-refractivity contribution < 1.29 is 4.79 Å². The normalized spacial score (nSPS) is 10.4. The molecule has 0 heterocycles. The Bertz CT molecular complexity index is 508. The van der Waals surface area contributed by atoms with Crippen molar-refractivity contribution in [3.05, 3.63) is 45.4 Å². The second-order valence-corrected chi connectivity index (χ2v) is 4.27. The van der Waals surface area contributed by atoms with Crippen molar-refractivity contribution in [1.82, 2.24) is 0 Å². The number of hydrogen-bond acceptors (Lipinski definition) is 1. The van der Waals surface area contributed by atoms with Crippen molar-refractivity contribution in [2.24, 2.45) is 0 Å². The number of carbonyl (C=O) groups excluding carboxylic acids is 1. The van der Waals surface area contributed by atoms with Gasteiger partial charge in [-0.1, -0.05) is 39.7 Å². The summed E-state index contributed by atoms with van der Waals surface area (Å²) in [5.41, 5.74) is 0.552. The van der Waals surface area contributed by atoms with Gasteiger partial charge >= 0.3 is 0 Å². The van der Waals surface area contributed by atoms with Crippen LogP contribution < -0.4 is 0 Å². The lowest BCUT2D eigenvalue weighted by Crippen LogP contribution is -1.85. The Morgan fingerprint density at radius 3 is 2.71 bits per heavy atom. The first-order valence-electron chi connectivity index (χ1n) is 4.05. The Morgan fingerprint density at radius 1 is 1.21 bits per heavy atom. The Hall–Kier alpha value is -0.860. The number of rotatable bonds is 1. The third-order valence-corrected chi connectivity index (χ3v) is 2.91. The zero-order chi connectivity index (χ0) is 10.1. The maximum atomic E-state index is 10.8. The maximum absolute atomic E-state index is 10.8. The summed E-state index contributed by atoms with van der Waals surface area (Å²) in [5.74, 6) is 0. The molecule has 0 bridgehead atoms. The molecule has 3 heteroatoms. The van der Waals surface area contributed by atoms with E-state index in [-0.39, 0.29) is 0 Å². The SMILES string of the molecule is O=Cc1c(Cl)ccc2cc(Br)ccc12. The van der Waals surface area contributed by atoms with Gasteiger partial charge in [-0.05, 0) is 29.0 Å². The molecule has 2 rings (SSSR count). The molecule has 0 atom stereocenters. The van der Waals surface area contributed by atoms with Gasteiger partial charge in [-0.25, -0.2) is 0 Å². The van der Waals surface area contributed by atoms with Crippen LogP contribution in [-0.4, -0.2) is 6.29 Å². The van der Waals surface area contributed by atoms with E-state index in [1.54, 1.807) is 6.07 Å². The van der Waals surface area contributed by atoms with Crippen LogP contribution in [0.4, 0.5) is 0 Å². The largest absolute Gasteiger partial charge is 0.298 e. The molecule has 14 heavy (non-hydrogen) atoms. The predicted molar refractivity (Wildman–Crippen MR) is 62.0 cm³/mol. The average Bonchev–Trinajstić information content (AvgIpc) is 2.18. The molecule has 2 aromatic carbocycles. The number of benzene rings is 2. The molecule has 0 unspecified atom stereocenters. The molecule has 70 valence electrons. The highest BCUT2D eigenvalue weighted by molar-refractivity contribution is 9.10. The second-order valence-electron chi connectivity index (χ2n) is 2.94. The van der Waals surface area contributed by atoms with Crippen LogP contribution in [0.3, 0.4) is 0 Å². The molecule has 1 nitrogen and oxygen atoms in total. The lowest BCUT2D eigenvalue weighted by Gasteiger charge is -2.03. The highest BCUT2D eigenvalue weighted by atomic mass is 79.9. The molecular formula is C11H6BrClO. The van der Waals surface area contributed by atoms with E-state index in [1.807, 2.05) is 24.3 Å². The number of halogens is 2. The van der Waals surface area contributed by atoms with Crippen LogP contribution in [0.1, 0.15) is 10.4 Å². The summed E-state index contributed by atoms with van der Waals surface area (Å²) >= 11 is 9.28. The second kappa shape index (κ2) is 3.71. The molecule has 0 fully saturated rings. The first-order valence-corrected chi connectivity index (χ1v) is 5.22. The van der Waals surface area contributed by atoms with E-state index in [9.17, 15) is 4.79 Å². The van der Waals surface area contributed by atoms with Gasteiger partial charge in [0.2, 0.25) is 0 Å². The third kappa shape index (κ3) is 1.56. The summed E-state index contributed by atoms with van der Waals surface area (Å²) in [7, 11) is 0. The van der Waals surface area contributed by atoms with Crippen molar-refractivity contribution in [3.8, 4) is 0 Å². The summed E-state index contributed by atoms with van der Waals surface area (Å²) in [6.07, 6.45) is 0.790. The third-order valence-electron chi connectivity index (χ3n) is 2.09.